The number of hydrogen-bond donors (Lipinski definition) is 2. The molecular weight excluding hydrogens is 508 g/mol. The van der Waals surface area contributed by atoms with Crippen LogP contribution in [0.1, 0.15) is 39.5 Å². The van der Waals surface area contributed by atoms with Crippen LogP contribution in [-0.4, -0.2) is 22.2 Å². The number of nitrogens with zero attached hydrogens (tertiary/aromatic N) is 1. The predicted octanol–water partition coefficient (Wildman–Crippen LogP) is 6.68. The van der Waals surface area contributed by atoms with E-state index in [0.717, 1.165) is 30.3 Å². The first-order valence-electron chi connectivity index (χ1n) is 11.6. The number of carbonyl (C=O) groups is 2. The topological polar surface area (TPSA) is 102 Å². The van der Waals surface area contributed by atoms with Crippen molar-refractivity contribution in [3.05, 3.63) is 81.5 Å². The smallest absolute Gasteiger partial charge is 0.412 e. The Hall–Kier alpha value is -4.13. The van der Waals surface area contributed by atoms with Gasteiger partial charge < -0.3 is 14.3 Å². The lowest BCUT2D eigenvalue weighted by molar-refractivity contribution is -0.139. The van der Waals surface area contributed by atoms with E-state index in [1.165, 1.54) is 22.7 Å². The number of ether oxygens (including phenoxy) is 1. The summed E-state index contributed by atoms with van der Waals surface area (Å²) in [5.41, 5.74) is 2.20. The first-order chi connectivity index (χ1) is 17.9. The van der Waals surface area contributed by atoms with Crippen LogP contribution in [0.2, 0.25) is 0 Å². The van der Waals surface area contributed by atoms with E-state index in [9.17, 15) is 14.7 Å². The van der Waals surface area contributed by atoms with E-state index in [2.05, 4.69) is 22.1 Å². The number of aromatic nitrogens is 1. The van der Waals surface area contributed by atoms with Crippen molar-refractivity contribution in [1.29, 1.82) is 0 Å². The van der Waals surface area contributed by atoms with Crippen molar-refractivity contribution in [2.24, 2.45) is 0 Å². The van der Waals surface area contributed by atoms with Crippen LogP contribution in [0.25, 0.3) is 20.4 Å². The van der Waals surface area contributed by atoms with Crippen molar-refractivity contribution in [1.82, 2.24) is 4.98 Å². The molecular formula is C28H20N2O5S2. The highest BCUT2D eigenvalue weighted by atomic mass is 32.2. The van der Waals surface area contributed by atoms with Crippen LogP contribution in [0.4, 0.5) is 10.5 Å². The number of aryl methyl sites for hydroxylation is 1. The van der Waals surface area contributed by atoms with Gasteiger partial charge in [0.1, 0.15) is 17.7 Å². The Bertz CT molecular complexity index is 1710. The van der Waals surface area contributed by atoms with Gasteiger partial charge in [0.05, 0.1) is 15.1 Å². The second-order valence-corrected chi connectivity index (χ2v) is 11.3. The van der Waals surface area contributed by atoms with E-state index in [0.29, 0.717) is 35.3 Å². The Kier molecular flexibility index (Phi) is 5.71. The summed E-state index contributed by atoms with van der Waals surface area (Å²) in [5.74, 6) is 5.72. The Morgan fingerprint density at radius 3 is 2.78 bits per heavy atom. The normalized spacial score (nSPS) is 13.8. The van der Waals surface area contributed by atoms with Gasteiger partial charge in [-0.1, -0.05) is 24.3 Å². The van der Waals surface area contributed by atoms with Crippen molar-refractivity contribution >= 4 is 60.8 Å². The lowest BCUT2D eigenvalue weighted by atomic mass is 10.1. The van der Waals surface area contributed by atoms with Gasteiger partial charge in [-0.3, -0.25) is 15.1 Å². The number of thiophene rings is 2. The average molecular weight is 529 g/mol. The minimum Gasteiger partial charge on any atom is -0.481 e. The number of fused-ring (bicyclic) bond motifs is 2. The summed E-state index contributed by atoms with van der Waals surface area (Å²) in [4.78, 5) is 30.1. The van der Waals surface area contributed by atoms with Gasteiger partial charge in [0.15, 0.2) is 5.58 Å². The molecule has 7 nitrogen and oxygen atoms in total. The van der Waals surface area contributed by atoms with E-state index < -0.39 is 17.5 Å². The lowest BCUT2D eigenvalue weighted by Gasteiger charge is -2.08. The fourth-order valence-corrected chi connectivity index (χ4v) is 6.70. The van der Waals surface area contributed by atoms with Gasteiger partial charge in [0.25, 0.3) is 0 Å². The molecule has 184 valence electrons. The van der Waals surface area contributed by atoms with E-state index in [1.807, 2.05) is 43.3 Å². The first kappa shape index (κ1) is 23.3. The number of furan rings is 1. The molecule has 1 aromatic carbocycles. The summed E-state index contributed by atoms with van der Waals surface area (Å²) in [6.07, 6.45) is 3.96. The summed E-state index contributed by atoms with van der Waals surface area (Å²) < 4.78 is 12.4. The first-order valence-corrected chi connectivity index (χ1v) is 13.2. The summed E-state index contributed by atoms with van der Waals surface area (Å²) in [6.45, 7) is 2.11. The zero-order valence-corrected chi connectivity index (χ0v) is 21.3. The molecule has 6 rings (SSSR count). The molecule has 2 N–H and O–H groups in total. The van der Waals surface area contributed by atoms with Gasteiger partial charge in [-0.05, 0) is 60.9 Å². The van der Waals surface area contributed by atoms with Gasteiger partial charge >= 0.3 is 12.1 Å². The molecule has 1 aliphatic rings. The number of carboxylic acid groups (broad SMARTS) is 1. The third-order valence-electron chi connectivity index (χ3n) is 6.48. The summed E-state index contributed by atoms with van der Waals surface area (Å²) in [5, 5.41) is 14.0. The molecule has 0 unspecified atom stereocenters. The van der Waals surface area contributed by atoms with E-state index in [4.69, 9.17) is 9.15 Å². The van der Waals surface area contributed by atoms with Crippen LogP contribution >= 0.6 is 22.7 Å². The minimum atomic E-state index is -0.752. The highest BCUT2D eigenvalue weighted by molar-refractivity contribution is 7.38. The average Bonchev–Trinajstić information content (AvgIpc) is 3.32. The van der Waals surface area contributed by atoms with Crippen LogP contribution < -0.4 is 5.32 Å². The number of nitrogens with one attached hydrogen (secondary N) is 1. The van der Waals surface area contributed by atoms with Crippen LogP contribution in [0, 0.1) is 18.8 Å². The maximum Gasteiger partial charge on any atom is 0.412 e. The molecule has 1 amide bonds. The molecule has 4 aromatic heterocycles. The maximum absolute atomic E-state index is 12.6. The third kappa shape index (κ3) is 4.35. The fourth-order valence-electron chi connectivity index (χ4n) is 4.16. The zero-order valence-electron chi connectivity index (χ0n) is 19.7. The second kappa shape index (κ2) is 9.07. The molecule has 1 saturated carbocycles. The molecule has 37 heavy (non-hydrogen) atoms. The number of carbonyl (C=O) groups excluding carboxylic acids is 1. The molecule has 0 bridgehead atoms. The minimum absolute atomic E-state index is 0.147. The third-order valence-corrected chi connectivity index (χ3v) is 9.00. The Morgan fingerprint density at radius 1 is 1.19 bits per heavy atom. The summed E-state index contributed by atoms with van der Waals surface area (Å²) in [6, 6.07) is 13.4. The fraction of sp³-hybridized carbons (Fsp3) is 0.179. The quantitative estimate of drug-likeness (QED) is 0.247. The SMILES string of the molecule is Cc1ccccc1COC(=O)Nc1c(C#Cc2cc3cc(C4(C(=O)O)CC4)sc3s2)oc2cnccc12. The molecule has 0 aliphatic heterocycles. The van der Waals surface area contributed by atoms with Gasteiger partial charge in [-0.25, -0.2) is 4.79 Å². The highest BCUT2D eigenvalue weighted by Gasteiger charge is 2.53. The molecule has 1 aliphatic carbocycles. The van der Waals surface area contributed by atoms with Gasteiger partial charge in [-0.2, -0.15) is 0 Å². The Balaban J connectivity index is 1.25. The number of benzene rings is 1. The number of rotatable bonds is 5. The molecule has 0 radical (unpaired) electrons. The zero-order chi connectivity index (χ0) is 25.6. The number of aliphatic carboxylic acids is 1. The lowest BCUT2D eigenvalue weighted by Crippen LogP contribution is -2.17. The largest absolute Gasteiger partial charge is 0.481 e. The molecule has 5 aromatic rings. The standard InChI is InChI=1S/C28H20N2O5S2/c1-16-4-2-3-5-17(16)15-34-27(33)30-24-20-8-11-29-14-22(20)35-21(24)7-6-19-12-18-13-23(37-25(18)36-19)28(9-10-28)26(31)32/h2-5,8,11-14H,9-10,15H2,1H3,(H,30,33)(H,31,32). The van der Waals surface area contributed by atoms with E-state index >= 15 is 0 Å². The van der Waals surface area contributed by atoms with Crippen LogP contribution in [0.5, 0.6) is 0 Å². The Labute approximate surface area is 219 Å². The van der Waals surface area contributed by atoms with Crippen LogP contribution in [0.3, 0.4) is 0 Å². The number of carboxylic acids is 1. The van der Waals surface area contributed by atoms with Crippen molar-refractivity contribution in [2.75, 3.05) is 5.32 Å². The van der Waals surface area contributed by atoms with E-state index in [1.54, 1.807) is 18.5 Å². The molecule has 9 heteroatoms. The predicted molar refractivity (Wildman–Crippen MR) is 143 cm³/mol. The molecule has 0 atom stereocenters. The maximum atomic E-state index is 12.6. The number of amides is 1. The van der Waals surface area contributed by atoms with Crippen molar-refractivity contribution in [3.63, 3.8) is 0 Å². The molecule has 4 heterocycles. The van der Waals surface area contributed by atoms with Crippen molar-refractivity contribution < 1.29 is 23.8 Å². The monoisotopic (exact) mass is 528 g/mol. The number of pyridine rings is 1. The van der Waals surface area contributed by atoms with Crippen LogP contribution in [0.15, 0.2) is 59.3 Å². The molecule has 1 fully saturated rings. The molecule has 0 spiro atoms. The van der Waals surface area contributed by atoms with E-state index in [-0.39, 0.29) is 6.61 Å². The summed E-state index contributed by atoms with van der Waals surface area (Å²) >= 11 is 3.03. The van der Waals surface area contributed by atoms with Gasteiger partial charge in [0.2, 0.25) is 5.76 Å². The van der Waals surface area contributed by atoms with Gasteiger partial charge in [0, 0.05) is 21.8 Å². The van der Waals surface area contributed by atoms with Crippen molar-refractivity contribution in [2.45, 2.75) is 31.8 Å². The molecule has 0 saturated heterocycles. The van der Waals surface area contributed by atoms with Gasteiger partial charge in [-0.15, -0.1) is 22.7 Å². The highest BCUT2D eigenvalue weighted by Crippen LogP contribution is 2.52. The van der Waals surface area contributed by atoms with Crippen LogP contribution in [-0.2, 0) is 21.6 Å². The summed E-state index contributed by atoms with van der Waals surface area (Å²) in [7, 11) is 0. The second-order valence-electron chi connectivity index (χ2n) is 8.91. The van der Waals surface area contributed by atoms with Crippen molar-refractivity contribution in [3.8, 4) is 11.8 Å². The number of hydrogen-bond acceptors (Lipinski definition) is 7. The Morgan fingerprint density at radius 2 is 2.03 bits per heavy atom. The number of anilines is 1.